The first-order valence-electron chi connectivity index (χ1n) is 5.22. The van der Waals surface area contributed by atoms with Crippen molar-refractivity contribution in [3.05, 3.63) is 29.8 Å². The van der Waals surface area contributed by atoms with Gasteiger partial charge in [0.25, 0.3) is 0 Å². The molecule has 0 N–H and O–H groups in total. The van der Waals surface area contributed by atoms with Crippen molar-refractivity contribution >= 4 is 29.2 Å². The van der Waals surface area contributed by atoms with Crippen molar-refractivity contribution < 1.29 is 14.3 Å². The molecule has 1 aromatic carbocycles. The molecule has 1 aliphatic heterocycles. The zero-order valence-electron chi connectivity index (χ0n) is 9.35. The highest BCUT2D eigenvalue weighted by Gasteiger charge is 2.38. The Balaban J connectivity index is 2.40. The molecule has 1 heterocycles. The average Bonchev–Trinajstić information content (AvgIpc) is 2.76. The molecular formula is C12H12ClNO3. The van der Waals surface area contributed by atoms with Gasteiger partial charge in [-0.15, -0.1) is 11.6 Å². The minimum Gasteiger partial charge on any atom is -0.467 e. The van der Waals surface area contributed by atoms with Gasteiger partial charge in [0.1, 0.15) is 11.9 Å². The number of rotatable bonds is 2. The maximum Gasteiger partial charge on any atom is 0.329 e. The van der Waals surface area contributed by atoms with Gasteiger partial charge in [-0.3, -0.25) is 9.69 Å². The normalized spacial score (nSPS) is 17.8. The molecule has 0 bridgehead atoms. The molecule has 0 spiro atoms. The number of ether oxygens (including phenoxy) is 1. The van der Waals surface area contributed by atoms with Crippen molar-refractivity contribution in [2.45, 2.75) is 12.5 Å². The molecule has 0 aliphatic carbocycles. The SMILES string of the molecule is COC(=O)[C@@H]1Cc2ccccc2N1C(=O)CCl. The first-order chi connectivity index (χ1) is 8.19. The number of methoxy groups -OCH3 is 1. The van der Waals surface area contributed by atoms with Crippen molar-refractivity contribution in [2.24, 2.45) is 0 Å². The second kappa shape index (κ2) is 4.75. The number of hydrogen-bond donors (Lipinski definition) is 0. The number of carbonyl (C=O) groups is 2. The van der Waals surface area contributed by atoms with E-state index >= 15 is 0 Å². The topological polar surface area (TPSA) is 46.6 Å². The number of fused-ring (bicyclic) bond motifs is 1. The number of amides is 1. The number of hydrogen-bond acceptors (Lipinski definition) is 3. The summed E-state index contributed by atoms with van der Waals surface area (Å²) >= 11 is 5.57. The molecule has 2 rings (SSSR count). The van der Waals surface area contributed by atoms with Gasteiger partial charge in [0.2, 0.25) is 5.91 Å². The highest BCUT2D eigenvalue weighted by Crippen LogP contribution is 2.32. The summed E-state index contributed by atoms with van der Waals surface area (Å²) in [7, 11) is 1.31. The van der Waals surface area contributed by atoms with E-state index in [-0.39, 0.29) is 11.8 Å². The van der Waals surface area contributed by atoms with E-state index in [4.69, 9.17) is 16.3 Å². The second-order valence-corrected chi connectivity index (χ2v) is 4.04. The Morgan fingerprint density at radius 1 is 1.47 bits per heavy atom. The molecule has 0 unspecified atom stereocenters. The zero-order chi connectivity index (χ0) is 12.4. The Morgan fingerprint density at radius 2 is 2.18 bits per heavy atom. The number of halogens is 1. The van der Waals surface area contributed by atoms with Crippen LogP contribution in [0.15, 0.2) is 24.3 Å². The van der Waals surface area contributed by atoms with Gasteiger partial charge in [-0.05, 0) is 11.6 Å². The van der Waals surface area contributed by atoms with Gasteiger partial charge in [0.05, 0.1) is 7.11 Å². The lowest BCUT2D eigenvalue weighted by Gasteiger charge is -2.22. The fourth-order valence-corrected chi connectivity index (χ4v) is 2.21. The van der Waals surface area contributed by atoms with E-state index in [2.05, 4.69) is 0 Å². The first kappa shape index (κ1) is 11.9. The second-order valence-electron chi connectivity index (χ2n) is 3.77. The summed E-state index contributed by atoms with van der Waals surface area (Å²) in [6.07, 6.45) is 0.478. The lowest BCUT2D eigenvalue weighted by atomic mass is 10.1. The Labute approximate surface area is 104 Å². The third-order valence-corrected chi connectivity index (χ3v) is 3.06. The van der Waals surface area contributed by atoms with Crippen LogP contribution in [0.1, 0.15) is 5.56 Å². The molecule has 4 nitrogen and oxygen atoms in total. The minimum absolute atomic E-state index is 0.151. The number of anilines is 1. The number of esters is 1. The summed E-state index contributed by atoms with van der Waals surface area (Å²) in [5.41, 5.74) is 1.70. The highest BCUT2D eigenvalue weighted by atomic mass is 35.5. The van der Waals surface area contributed by atoms with Crippen LogP contribution in [0.3, 0.4) is 0 Å². The molecule has 1 aliphatic rings. The molecule has 5 heteroatoms. The number of benzene rings is 1. The Morgan fingerprint density at radius 3 is 2.82 bits per heavy atom. The molecule has 1 amide bonds. The number of nitrogens with zero attached hydrogens (tertiary/aromatic N) is 1. The minimum atomic E-state index is -0.594. The molecule has 1 aromatic rings. The summed E-state index contributed by atoms with van der Waals surface area (Å²) < 4.78 is 4.71. The van der Waals surface area contributed by atoms with Crippen molar-refractivity contribution in [1.82, 2.24) is 0 Å². The number of alkyl halides is 1. The van der Waals surface area contributed by atoms with E-state index in [0.717, 1.165) is 11.3 Å². The van der Waals surface area contributed by atoms with Crippen molar-refractivity contribution in [1.29, 1.82) is 0 Å². The Kier molecular flexibility index (Phi) is 3.33. The van der Waals surface area contributed by atoms with Gasteiger partial charge in [-0.25, -0.2) is 4.79 Å². The van der Waals surface area contributed by atoms with Gasteiger partial charge in [0, 0.05) is 12.1 Å². The molecule has 0 radical (unpaired) electrons. The quantitative estimate of drug-likeness (QED) is 0.591. The largest absolute Gasteiger partial charge is 0.467 e. The molecule has 0 saturated carbocycles. The molecule has 17 heavy (non-hydrogen) atoms. The molecule has 0 saturated heterocycles. The summed E-state index contributed by atoms with van der Waals surface area (Å²) in [6.45, 7) is 0. The van der Waals surface area contributed by atoms with Gasteiger partial charge in [0.15, 0.2) is 0 Å². The van der Waals surface area contributed by atoms with Gasteiger partial charge >= 0.3 is 5.97 Å². The number of para-hydroxylation sites is 1. The van der Waals surface area contributed by atoms with Gasteiger partial charge in [-0.2, -0.15) is 0 Å². The third-order valence-electron chi connectivity index (χ3n) is 2.83. The molecule has 0 fully saturated rings. The van der Waals surface area contributed by atoms with Crippen LogP contribution < -0.4 is 4.90 Å². The zero-order valence-corrected chi connectivity index (χ0v) is 10.1. The van der Waals surface area contributed by atoms with E-state index in [1.54, 1.807) is 0 Å². The predicted octanol–water partition coefficient (Wildman–Crippen LogP) is 1.36. The average molecular weight is 254 g/mol. The standard InChI is InChI=1S/C12H12ClNO3/c1-17-12(16)10-6-8-4-2-3-5-9(8)14(10)11(15)7-13/h2-5,10H,6-7H2,1H3/t10-/m0/s1. The summed E-state index contributed by atoms with van der Waals surface area (Å²) in [5.74, 6) is -0.853. The van der Waals surface area contributed by atoms with Crippen LogP contribution in [0, 0.1) is 0 Å². The highest BCUT2D eigenvalue weighted by molar-refractivity contribution is 6.30. The van der Waals surface area contributed by atoms with Crippen LogP contribution >= 0.6 is 11.6 Å². The van der Waals surface area contributed by atoms with E-state index in [1.165, 1.54) is 12.0 Å². The van der Waals surface area contributed by atoms with Crippen LogP contribution in [0.4, 0.5) is 5.69 Å². The maximum atomic E-state index is 11.8. The van der Waals surface area contributed by atoms with Crippen LogP contribution in [-0.4, -0.2) is 30.9 Å². The summed E-state index contributed by atoms with van der Waals surface area (Å²) in [5, 5.41) is 0. The van der Waals surface area contributed by atoms with Crippen LogP contribution in [0.5, 0.6) is 0 Å². The lowest BCUT2D eigenvalue weighted by Crippen LogP contribution is -2.44. The van der Waals surface area contributed by atoms with Gasteiger partial charge in [-0.1, -0.05) is 18.2 Å². The van der Waals surface area contributed by atoms with E-state index in [9.17, 15) is 9.59 Å². The van der Waals surface area contributed by atoms with Gasteiger partial charge < -0.3 is 4.74 Å². The van der Waals surface area contributed by atoms with E-state index < -0.39 is 12.0 Å². The number of carbonyl (C=O) groups excluding carboxylic acids is 2. The summed E-state index contributed by atoms with van der Waals surface area (Å²) in [6, 6.07) is 6.81. The van der Waals surface area contributed by atoms with Crippen molar-refractivity contribution in [3.8, 4) is 0 Å². The molecule has 90 valence electrons. The third kappa shape index (κ3) is 2.00. The summed E-state index contributed by atoms with van der Waals surface area (Å²) in [4.78, 5) is 24.9. The first-order valence-corrected chi connectivity index (χ1v) is 5.76. The van der Waals surface area contributed by atoms with E-state index in [1.807, 2.05) is 24.3 Å². The maximum absolute atomic E-state index is 11.8. The van der Waals surface area contributed by atoms with Crippen molar-refractivity contribution in [3.63, 3.8) is 0 Å². The molecule has 1 atom stereocenters. The lowest BCUT2D eigenvalue weighted by molar-refractivity contribution is -0.143. The predicted molar refractivity (Wildman–Crippen MR) is 64.2 cm³/mol. The Bertz CT molecular complexity index is 461. The fourth-order valence-electron chi connectivity index (χ4n) is 2.08. The van der Waals surface area contributed by atoms with E-state index in [0.29, 0.717) is 6.42 Å². The van der Waals surface area contributed by atoms with Crippen molar-refractivity contribution in [2.75, 3.05) is 17.9 Å². The monoisotopic (exact) mass is 253 g/mol. The molecular weight excluding hydrogens is 242 g/mol. The van der Waals surface area contributed by atoms with Crippen LogP contribution in [0.2, 0.25) is 0 Å². The van der Waals surface area contributed by atoms with Crippen LogP contribution in [-0.2, 0) is 20.7 Å². The molecule has 0 aromatic heterocycles. The van der Waals surface area contributed by atoms with Crippen LogP contribution in [0.25, 0.3) is 0 Å². The Hall–Kier alpha value is -1.55. The fraction of sp³-hybridized carbons (Fsp3) is 0.333. The smallest absolute Gasteiger partial charge is 0.329 e.